The number of aryl methyl sites for hydroxylation is 1. The normalized spacial score (nSPS) is 16.7. The summed E-state index contributed by atoms with van der Waals surface area (Å²) in [6.45, 7) is 1.25. The van der Waals surface area contributed by atoms with Crippen molar-refractivity contribution in [3.63, 3.8) is 0 Å². The molecule has 1 aromatic rings. The number of ether oxygens (including phenoxy) is 1. The molecule has 0 aromatic heterocycles. The van der Waals surface area contributed by atoms with E-state index in [-0.39, 0.29) is 4.91 Å². The predicted octanol–water partition coefficient (Wildman–Crippen LogP) is 2.12. The largest absolute Gasteiger partial charge is 0.496 e. The van der Waals surface area contributed by atoms with Crippen LogP contribution in [0.25, 0.3) is 6.08 Å². The third-order valence-electron chi connectivity index (χ3n) is 2.88. The number of rotatable bonds is 4. The second-order valence-corrected chi connectivity index (χ2v) is 5.38. The van der Waals surface area contributed by atoms with Gasteiger partial charge >= 0.3 is 5.97 Å². The van der Waals surface area contributed by atoms with Gasteiger partial charge in [-0.1, -0.05) is 6.07 Å². The molecule has 2 rings (SSSR count). The molecule has 0 bridgehead atoms. The maximum absolute atomic E-state index is 12.0. The average molecular weight is 307 g/mol. The van der Waals surface area contributed by atoms with Crippen molar-refractivity contribution in [3.8, 4) is 5.75 Å². The second-order valence-electron chi connectivity index (χ2n) is 4.39. The number of hydrogen-bond acceptors (Lipinski definition) is 5. The highest BCUT2D eigenvalue weighted by atomic mass is 32.2. The summed E-state index contributed by atoms with van der Waals surface area (Å²) < 4.78 is 5.15. The van der Waals surface area contributed by atoms with Crippen LogP contribution in [0.15, 0.2) is 23.1 Å². The summed E-state index contributed by atoms with van der Waals surface area (Å²) in [4.78, 5) is 35.2. The van der Waals surface area contributed by atoms with Gasteiger partial charge in [0.1, 0.15) is 12.3 Å². The van der Waals surface area contributed by atoms with E-state index in [9.17, 15) is 14.4 Å². The number of methoxy groups -OCH3 is 1. The summed E-state index contributed by atoms with van der Waals surface area (Å²) >= 11 is 0.738. The number of nitrogens with zero attached hydrogens (tertiary/aromatic N) is 1. The second kappa shape index (κ2) is 6.01. The van der Waals surface area contributed by atoms with Crippen LogP contribution in [0.3, 0.4) is 0 Å². The zero-order valence-electron chi connectivity index (χ0n) is 11.5. The molecular formula is C14H13NO5S. The lowest BCUT2D eigenvalue weighted by molar-refractivity contribution is -0.140. The number of benzene rings is 1. The molecule has 7 heteroatoms. The maximum atomic E-state index is 12.0. The molecule has 0 atom stereocenters. The van der Waals surface area contributed by atoms with Crippen molar-refractivity contribution < 1.29 is 24.2 Å². The summed E-state index contributed by atoms with van der Waals surface area (Å²) in [6, 6.07) is 5.35. The highest BCUT2D eigenvalue weighted by Crippen LogP contribution is 2.32. The van der Waals surface area contributed by atoms with E-state index in [4.69, 9.17) is 9.84 Å². The van der Waals surface area contributed by atoms with Crippen molar-refractivity contribution in [3.05, 3.63) is 34.2 Å². The summed E-state index contributed by atoms with van der Waals surface area (Å²) in [7, 11) is 1.57. The van der Waals surface area contributed by atoms with Gasteiger partial charge in [-0.2, -0.15) is 0 Å². The third-order valence-corrected chi connectivity index (χ3v) is 3.79. The molecule has 1 saturated heterocycles. The first-order valence-electron chi connectivity index (χ1n) is 6.04. The van der Waals surface area contributed by atoms with E-state index in [2.05, 4.69) is 0 Å². The third kappa shape index (κ3) is 3.25. The van der Waals surface area contributed by atoms with Crippen molar-refractivity contribution >= 4 is 35.0 Å². The zero-order chi connectivity index (χ0) is 15.6. The molecule has 1 fully saturated rings. The van der Waals surface area contributed by atoms with Crippen molar-refractivity contribution in [1.82, 2.24) is 4.90 Å². The molecular weight excluding hydrogens is 294 g/mol. The van der Waals surface area contributed by atoms with Gasteiger partial charge < -0.3 is 9.84 Å². The Labute approximate surface area is 125 Å². The Morgan fingerprint density at radius 1 is 1.43 bits per heavy atom. The van der Waals surface area contributed by atoms with Gasteiger partial charge in [0.2, 0.25) is 0 Å². The molecule has 1 aliphatic heterocycles. The highest BCUT2D eigenvalue weighted by Gasteiger charge is 2.36. The van der Waals surface area contributed by atoms with Crippen LogP contribution >= 0.6 is 11.8 Å². The molecule has 1 heterocycles. The maximum Gasteiger partial charge on any atom is 0.323 e. The molecule has 6 nitrogen and oxygen atoms in total. The first kappa shape index (κ1) is 15.1. The van der Waals surface area contributed by atoms with Crippen LogP contribution in [0.5, 0.6) is 5.75 Å². The standard InChI is InChI=1S/C14H13NO5S/c1-8-5-9(3-4-10(8)20-2)6-11-13(18)15(7-12(16)17)14(19)21-11/h3-6H,7H2,1-2H3,(H,16,17)/b11-6+. The van der Waals surface area contributed by atoms with E-state index < -0.39 is 23.7 Å². The van der Waals surface area contributed by atoms with Crippen LogP contribution in [-0.4, -0.2) is 40.8 Å². The van der Waals surface area contributed by atoms with Gasteiger partial charge in [-0.3, -0.25) is 19.3 Å². The van der Waals surface area contributed by atoms with Crippen LogP contribution in [0.4, 0.5) is 4.79 Å². The van der Waals surface area contributed by atoms with Crippen molar-refractivity contribution in [1.29, 1.82) is 0 Å². The van der Waals surface area contributed by atoms with E-state index in [1.165, 1.54) is 0 Å². The minimum Gasteiger partial charge on any atom is -0.496 e. The number of imide groups is 1. The van der Waals surface area contributed by atoms with Crippen molar-refractivity contribution in [2.24, 2.45) is 0 Å². The van der Waals surface area contributed by atoms with Gasteiger partial charge in [-0.05, 0) is 48.0 Å². The van der Waals surface area contributed by atoms with Crippen LogP contribution in [0.1, 0.15) is 11.1 Å². The van der Waals surface area contributed by atoms with Crippen molar-refractivity contribution in [2.45, 2.75) is 6.92 Å². The Morgan fingerprint density at radius 3 is 2.71 bits per heavy atom. The van der Waals surface area contributed by atoms with Gasteiger partial charge in [-0.25, -0.2) is 0 Å². The summed E-state index contributed by atoms with van der Waals surface area (Å²) in [5.74, 6) is -1.08. The van der Waals surface area contributed by atoms with E-state index in [1.807, 2.05) is 13.0 Å². The van der Waals surface area contributed by atoms with E-state index >= 15 is 0 Å². The lowest BCUT2D eigenvalue weighted by Gasteiger charge is -2.08. The number of carboxylic acids is 1. The quantitative estimate of drug-likeness (QED) is 0.858. The minimum atomic E-state index is -1.22. The first-order valence-corrected chi connectivity index (χ1v) is 6.86. The molecule has 1 aliphatic rings. The Kier molecular flexibility index (Phi) is 4.32. The van der Waals surface area contributed by atoms with Crippen LogP contribution in [-0.2, 0) is 9.59 Å². The molecule has 0 unspecified atom stereocenters. The molecule has 0 aliphatic carbocycles. The van der Waals surface area contributed by atoms with Gasteiger partial charge in [0.15, 0.2) is 0 Å². The fraction of sp³-hybridized carbons (Fsp3) is 0.214. The average Bonchev–Trinajstić information content (AvgIpc) is 2.66. The Bertz CT molecular complexity index is 653. The van der Waals surface area contributed by atoms with Gasteiger partial charge in [0.25, 0.3) is 11.1 Å². The number of amides is 2. The number of hydrogen-bond donors (Lipinski definition) is 1. The molecule has 1 N–H and O–H groups in total. The fourth-order valence-electron chi connectivity index (χ4n) is 1.91. The number of carbonyl (C=O) groups excluding carboxylic acids is 2. The molecule has 0 radical (unpaired) electrons. The van der Waals surface area contributed by atoms with Crippen LogP contribution in [0, 0.1) is 6.92 Å². The highest BCUT2D eigenvalue weighted by molar-refractivity contribution is 8.18. The van der Waals surface area contributed by atoms with E-state index in [1.54, 1.807) is 25.3 Å². The fourth-order valence-corrected chi connectivity index (χ4v) is 2.75. The number of thioether (sulfide) groups is 1. The smallest absolute Gasteiger partial charge is 0.323 e. The monoisotopic (exact) mass is 307 g/mol. The summed E-state index contributed by atoms with van der Waals surface area (Å²) in [5, 5.41) is 8.12. The van der Waals surface area contributed by atoms with Crippen LogP contribution < -0.4 is 4.74 Å². The van der Waals surface area contributed by atoms with Gasteiger partial charge in [0.05, 0.1) is 12.0 Å². The summed E-state index contributed by atoms with van der Waals surface area (Å²) in [5.41, 5.74) is 1.64. The van der Waals surface area contributed by atoms with Gasteiger partial charge in [-0.15, -0.1) is 0 Å². The van der Waals surface area contributed by atoms with E-state index in [0.717, 1.165) is 33.5 Å². The van der Waals surface area contributed by atoms with Gasteiger partial charge in [0, 0.05) is 0 Å². The van der Waals surface area contributed by atoms with Crippen LogP contribution in [0.2, 0.25) is 0 Å². The predicted molar refractivity (Wildman–Crippen MR) is 78.0 cm³/mol. The number of carboxylic acid groups (broad SMARTS) is 1. The molecule has 21 heavy (non-hydrogen) atoms. The SMILES string of the molecule is COc1ccc(/C=C2/SC(=O)N(CC(=O)O)C2=O)cc1C. The molecule has 1 aromatic carbocycles. The number of aliphatic carboxylic acids is 1. The molecule has 110 valence electrons. The minimum absolute atomic E-state index is 0.214. The zero-order valence-corrected chi connectivity index (χ0v) is 12.3. The number of carbonyl (C=O) groups is 3. The molecule has 2 amide bonds. The Morgan fingerprint density at radius 2 is 2.14 bits per heavy atom. The Hall–Kier alpha value is -2.28. The lowest BCUT2D eigenvalue weighted by atomic mass is 10.1. The summed E-state index contributed by atoms with van der Waals surface area (Å²) in [6.07, 6.45) is 1.57. The van der Waals surface area contributed by atoms with Crippen molar-refractivity contribution in [2.75, 3.05) is 13.7 Å². The topological polar surface area (TPSA) is 83.9 Å². The Balaban J connectivity index is 2.26. The molecule has 0 saturated carbocycles. The molecule has 0 spiro atoms. The first-order chi connectivity index (χ1) is 9.92. The lowest BCUT2D eigenvalue weighted by Crippen LogP contribution is -2.33. The van der Waals surface area contributed by atoms with E-state index in [0.29, 0.717) is 0 Å².